The topological polar surface area (TPSA) is 28.2 Å². The Morgan fingerprint density at radius 1 is 1.37 bits per heavy atom. The molecule has 3 nitrogen and oxygen atoms in total. The van der Waals surface area contributed by atoms with Crippen molar-refractivity contribution >= 4 is 32.4 Å². The zero-order valence-corrected chi connectivity index (χ0v) is 13.0. The van der Waals surface area contributed by atoms with E-state index in [1.807, 2.05) is 5.38 Å². The first-order chi connectivity index (χ1) is 9.29. The van der Waals surface area contributed by atoms with Crippen LogP contribution >= 0.6 is 27.3 Å². The molecule has 1 aromatic heterocycles. The van der Waals surface area contributed by atoms with Crippen LogP contribution in [0.15, 0.2) is 40.3 Å². The summed E-state index contributed by atoms with van der Waals surface area (Å²) in [5.74, 6) is 0. The van der Waals surface area contributed by atoms with E-state index >= 15 is 0 Å². The van der Waals surface area contributed by atoms with Gasteiger partial charge in [0.1, 0.15) is 4.60 Å². The fraction of sp³-hybridized carbons (Fsp3) is 0.357. The lowest BCUT2D eigenvalue weighted by Crippen LogP contribution is -2.25. The van der Waals surface area contributed by atoms with Gasteiger partial charge in [-0.25, -0.2) is 4.98 Å². The van der Waals surface area contributed by atoms with E-state index in [1.165, 1.54) is 12.0 Å². The molecule has 1 aromatic carbocycles. The Bertz CT molecular complexity index is 528. The summed E-state index contributed by atoms with van der Waals surface area (Å²) in [5, 5.41) is 6.54. The largest absolute Gasteiger partial charge is 0.357 e. The summed E-state index contributed by atoms with van der Waals surface area (Å²) in [6.07, 6.45) is 1.18. The molecule has 2 heterocycles. The second-order valence-corrected chi connectivity index (χ2v) is 6.50. The van der Waals surface area contributed by atoms with Crippen LogP contribution in [0.2, 0.25) is 0 Å². The van der Waals surface area contributed by atoms with Crippen molar-refractivity contribution in [2.24, 2.45) is 0 Å². The van der Waals surface area contributed by atoms with Crippen molar-refractivity contribution in [2.75, 3.05) is 18.4 Å². The van der Waals surface area contributed by atoms with Crippen molar-refractivity contribution in [3.63, 3.8) is 0 Å². The molecule has 100 valence electrons. The maximum absolute atomic E-state index is 4.39. The van der Waals surface area contributed by atoms with Crippen molar-refractivity contribution in [3.05, 3.63) is 45.9 Å². The van der Waals surface area contributed by atoms with Crippen LogP contribution in [0, 0.1) is 0 Å². The van der Waals surface area contributed by atoms with Crippen LogP contribution in [-0.2, 0) is 6.54 Å². The van der Waals surface area contributed by atoms with Crippen molar-refractivity contribution in [1.82, 2.24) is 9.88 Å². The van der Waals surface area contributed by atoms with Gasteiger partial charge in [-0.05, 0) is 27.9 Å². The molecule has 1 saturated heterocycles. The van der Waals surface area contributed by atoms with Gasteiger partial charge in [0, 0.05) is 31.1 Å². The van der Waals surface area contributed by atoms with E-state index in [1.54, 1.807) is 11.3 Å². The van der Waals surface area contributed by atoms with E-state index < -0.39 is 0 Å². The van der Waals surface area contributed by atoms with Gasteiger partial charge in [0.05, 0.1) is 0 Å². The number of rotatable bonds is 4. The SMILES string of the molecule is Brc1csc(NC2CCN(Cc3ccccc3)C2)n1. The molecule has 2 aromatic rings. The van der Waals surface area contributed by atoms with Gasteiger partial charge < -0.3 is 5.32 Å². The maximum Gasteiger partial charge on any atom is 0.183 e. The summed E-state index contributed by atoms with van der Waals surface area (Å²) < 4.78 is 0.916. The summed E-state index contributed by atoms with van der Waals surface area (Å²) in [6, 6.07) is 11.2. The van der Waals surface area contributed by atoms with Gasteiger partial charge >= 0.3 is 0 Å². The van der Waals surface area contributed by atoms with Crippen LogP contribution in [0.5, 0.6) is 0 Å². The number of likely N-dealkylation sites (tertiary alicyclic amines) is 1. The second-order valence-electron chi connectivity index (χ2n) is 4.83. The third kappa shape index (κ3) is 3.55. The first-order valence-corrected chi connectivity index (χ1v) is 8.11. The summed E-state index contributed by atoms with van der Waals surface area (Å²) >= 11 is 5.04. The van der Waals surface area contributed by atoms with Gasteiger partial charge in [0.2, 0.25) is 0 Å². The molecule has 19 heavy (non-hydrogen) atoms. The smallest absolute Gasteiger partial charge is 0.183 e. The van der Waals surface area contributed by atoms with Crippen molar-refractivity contribution in [1.29, 1.82) is 0 Å². The van der Waals surface area contributed by atoms with Gasteiger partial charge in [-0.1, -0.05) is 30.3 Å². The number of hydrogen-bond donors (Lipinski definition) is 1. The van der Waals surface area contributed by atoms with Gasteiger partial charge in [-0.15, -0.1) is 11.3 Å². The maximum atomic E-state index is 4.39. The van der Waals surface area contributed by atoms with Crippen LogP contribution in [0.1, 0.15) is 12.0 Å². The zero-order chi connectivity index (χ0) is 13.1. The number of nitrogens with one attached hydrogen (secondary N) is 1. The molecule has 3 rings (SSSR count). The quantitative estimate of drug-likeness (QED) is 0.923. The molecule has 1 fully saturated rings. The molecule has 0 radical (unpaired) electrons. The molecule has 0 saturated carbocycles. The molecular weight excluding hydrogens is 322 g/mol. The molecule has 0 spiro atoms. The highest BCUT2D eigenvalue weighted by Crippen LogP contribution is 2.23. The summed E-state index contributed by atoms with van der Waals surface area (Å²) in [4.78, 5) is 6.88. The van der Waals surface area contributed by atoms with E-state index in [2.05, 4.69) is 61.5 Å². The highest BCUT2D eigenvalue weighted by atomic mass is 79.9. The van der Waals surface area contributed by atoms with Crippen LogP contribution < -0.4 is 5.32 Å². The first kappa shape index (κ1) is 13.1. The summed E-state index contributed by atoms with van der Waals surface area (Å²) in [7, 11) is 0. The van der Waals surface area contributed by atoms with Crippen LogP contribution in [0.4, 0.5) is 5.13 Å². The number of thiazole rings is 1. The minimum absolute atomic E-state index is 0.516. The fourth-order valence-electron chi connectivity index (χ4n) is 2.43. The van der Waals surface area contributed by atoms with Crippen molar-refractivity contribution in [2.45, 2.75) is 19.0 Å². The third-order valence-corrected chi connectivity index (χ3v) is 4.81. The minimum Gasteiger partial charge on any atom is -0.357 e. The Morgan fingerprint density at radius 2 is 2.21 bits per heavy atom. The molecule has 1 unspecified atom stereocenters. The third-order valence-electron chi connectivity index (χ3n) is 3.33. The number of anilines is 1. The normalized spacial score (nSPS) is 19.7. The Morgan fingerprint density at radius 3 is 2.95 bits per heavy atom. The Kier molecular flexibility index (Phi) is 4.15. The Balaban J connectivity index is 1.53. The Labute approximate surface area is 125 Å². The lowest BCUT2D eigenvalue weighted by molar-refractivity contribution is 0.328. The molecule has 0 bridgehead atoms. The van der Waals surface area contributed by atoms with E-state index in [-0.39, 0.29) is 0 Å². The van der Waals surface area contributed by atoms with Crippen LogP contribution in [0.25, 0.3) is 0 Å². The van der Waals surface area contributed by atoms with Crippen molar-refractivity contribution < 1.29 is 0 Å². The standard InChI is InChI=1S/C14H16BrN3S/c15-13-10-19-14(17-13)16-12-6-7-18(9-12)8-11-4-2-1-3-5-11/h1-5,10,12H,6-9H2,(H,16,17). The highest BCUT2D eigenvalue weighted by molar-refractivity contribution is 9.10. The number of hydrogen-bond acceptors (Lipinski definition) is 4. The highest BCUT2D eigenvalue weighted by Gasteiger charge is 2.22. The number of benzene rings is 1. The van der Waals surface area contributed by atoms with Crippen molar-refractivity contribution in [3.8, 4) is 0 Å². The van der Waals surface area contributed by atoms with Gasteiger partial charge in [-0.2, -0.15) is 0 Å². The monoisotopic (exact) mass is 337 g/mol. The van der Waals surface area contributed by atoms with Gasteiger partial charge in [0.15, 0.2) is 5.13 Å². The lowest BCUT2D eigenvalue weighted by Gasteiger charge is -2.16. The number of halogens is 1. The molecule has 5 heteroatoms. The minimum atomic E-state index is 0.516. The predicted molar refractivity (Wildman–Crippen MR) is 83.6 cm³/mol. The molecule has 0 aliphatic carbocycles. The number of nitrogens with zero attached hydrogens (tertiary/aromatic N) is 2. The second kappa shape index (κ2) is 6.03. The molecule has 0 amide bonds. The van der Waals surface area contributed by atoms with E-state index in [0.717, 1.165) is 29.4 Å². The zero-order valence-electron chi connectivity index (χ0n) is 10.6. The molecule has 1 atom stereocenters. The first-order valence-electron chi connectivity index (χ1n) is 6.43. The van der Waals surface area contributed by atoms with Crippen LogP contribution in [-0.4, -0.2) is 29.0 Å². The van der Waals surface area contributed by atoms with E-state index in [4.69, 9.17) is 0 Å². The van der Waals surface area contributed by atoms with E-state index in [9.17, 15) is 0 Å². The molecule has 1 aliphatic heterocycles. The summed E-state index contributed by atoms with van der Waals surface area (Å²) in [6.45, 7) is 3.28. The average Bonchev–Trinajstić information content (AvgIpc) is 3.01. The summed E-state index contributed by atoms with van der Waals surface area (Å²) in [5.41, 5.74) is 1.39. The van der Waals surface area contributed by atoms with Gasteiger partial charge in [0.25, 0.3) is 0 Å². The van der Waals surface area contributed by atoms with Gasteiger partial charge in [-0.3, -0.25) is 4.90 Å². The predicted octanol–water partition coefficient (Wildman–Crippen LogP) is 3.59. The molecule has 1 aliphatic rings. The number of aromatic nitrogens is 1. The van der Waals surface area contributed by atoms with Crippen LogP contribution in [0.3, 0.4) is 0 Å². The van der Waals surface area contributed by atoms with E-state index in [0.29, 0.717) is 6.04 Å². The Hall–Kier alpha value is -0.910. The lowest BCUT2D eigenvalue weighted by atomic mass is 10.2. The fourth-order valence-corrected chi connectivity index (χ4v) is 3.65. The molecule has 1 N–H and O–H groups in total. The average molecular weight is 338 g/mol. The molecular formula is C14H16BrN3S.